The van der Waals surface area contributed by atoms with Crippen molar-refractivity contribution in [2.75, 3.05) is 20.4 Å². The van der Waals surface area contributed by atoms with E-state index in [0.29, 0.717) is 0 Å². The first kappa shape index (κ1) is 9.49. The summed E-state index contributed by atoms with van der Waals surface area (Å²) in [7, 11) is 3.72. The van der Waals surface area contributed by atoms with Crippen molar-refractivity contribution in [3.05, 3.63) is 0 Å². The van der Waals surface area contributed by atoms with E-state index in [4.69, 9.17) is 0 Å². The predicted octanol–water partition coefficient (Wildman–Crippen LogP) is 0.814. The molecule has 0 radical (unpaired) electrons. The van der Waals surface area contributed by atoms with Crippen LogP contribution in [0.25, 0.3) is 0 Å². The third-order valence-corrected chi connectivity index (χ3v) is 1.64. The van der Waals surface area contributed by atoms with Gasteiger partial charge in [0.1, 0.15) is 0 Å². The first-order valence-corrected chi connectivity index (χ1v) is 4.11. The van der Waals surface area contributed by atoms with Crippen molar-refractivity contribution in [2.45, 2.75) is 6.92 Å². The Balaban J connectivity index is 4.18. The minimum Gasteiger partial charge on any atom is -0.357 e. The number of carbonyl (C=O) groups excluding carboxylic acids is 1. The largest absolute Gasteiger partial charge is 0.357 e. The van der Waals surface area contributed by atoms with Crippen molar-refractivity contribution >= 4 is 22.8 Å². The van der Waals surface area contributed by atoms with Gasteiger partial charge in [-0.05, 0) is 6.26 Å². The van der Waals surface area contributed by atoms with E-state index < -0.39 is 0 Å². The molecule has 4 heteroatoms. The van der Waals surface area contributed by atoms with E-state index in [1.54, 1.807) is 0 Å². The quantitative estimate of drug-likeness (QED) is 0.388. The molecule has 0 bridgehead atoms. The van der Waals surface area contributed by atoms with Crippen LogP contribution in [-0.2, 0) is 4.79 Å². The summed E-state index contributed by atoms with van der Waals surface area (Å²) in [5.41, 5.74) is 0. The van der Waals surface area contributed by atoms with Crippen LogP contribution in [0.1, 0.15) is 6.92 Å². The van der Waals surface area contributed by atoms with Crippen LogP contribution >= 0.6 is 11.8 Å². The third kappa shape index (κ3) is 3.50. The van der Waals surface area contributed by atoms with Gasteiger partial charge < -0.3 is 4.90 Å². The van der Waals surface area contributed by atoms with Gasteiger partial charge in [0, 0.05) is 21.0 Å². The number of nitrogens with zero attached hydrogens (tertiary/aromatic N) is 2. The molecule has 0 aromatic heterocycles. The second kappa shape index (κ2) is 4.33. The van der Waals surface area contributed by atoms with E-state index in [-0.39, 0.29) is 5.91 Å². The number of hydrogen-bond acceptors (Lipinski definition) is 2. The second-order valence-electron chi connectivity index (χ2n) is 2.01. The van der Waals surface area contributed by atoms with Gasteiger partial charge in [0.25, 0.3) is 0 Å². The van der Waals surface area contributed by atoms with Gasteiger partial charge in [0.15, 0.2) is 5.17 Å². The van der Waals surface area contributed by atoms with Gasteiger partial charge in [-0.3, -0.25) is 4.79 Å². The Morgan fingerprint density at radius 3 is 2.10 bits per heavy atom. The van der Waals surface area contributed by atoms with Crippen LogP contribution in [0.5, 0.6) is 0 Å². The number of amidine groups is 1. The van der Waals surface area contributed by atoms with Gasteiger partial charge in [-0.25, -0.2) is 0 Å². The lowest BCUT2D eigenvalue weighted by atomic mass is 10.7. The highest BCUT2D eigenvalue weighted by atomic mass is 32.2. The van der Waals surface area contributed by atoms with Crippen molar-refractivity contribution in [3.63, 3.8) is 0 Å². The highest BCUT2D eigenvalue weighted by molar-refractivity contribution is 8.13. The van der Waals surface area contributed by atoms with Gasteiger partial charge in [0.2, 0.25) is 5.91 Å². The molecule has 0 aliphatic rings. The smallest absolute Gasteiger partial charge is 0.244 e. The Bertz CT molecular complexity index is 154. The summed E-state index contributed by atoms with van der Waals surface area (Å²) < 4.78 is 0. The Morgan fingerprint density at radius 2 is 2.00 bits per heavy atom. The van der Waals surface area contributed by atoms with Crippen LogP contribution in [0.4, 0.5) is 0 Å². The van der Waals surface area contributed by atoms with E-state index >= 15 is 0 Å². The molecule has 10 heavy (non-hydrogen) atoms. The zero-order valence-corrected chi connectivity index (χ0v) is 7.53. The monoisotopic (exact) mass is 160 g/mol. The summed E-state index contributed by atoms with van der Waals surface area (Å²) in [6.07, 6.45) is 1.89. The minimum absolute atomic E-state index is 0.155. The molecule has 0 aliphatic heterocycles. The fourth-order valence-electron chi connectivity index (χ4n) is 0.463. The molecule has 0 unspecified atom stereocenters. The van der Waals surface area contributed by atoms with Gasteiger partial charge in [-0.15, -0.1) is 0 Å². The summed E-state index contributed by atoms with van der Waals surface area (Å²) in [5.74, 6) is -0.155. The number of hydrogen-bond donors (Lipinski definition) is 0. The van der Waals surface area contributed by atoms with E-state index in [1.807, 2.05) is 25.3 Å². The van der Waals surface area contributed by atoms with Crippen LogP contribution < -0.4 is 0 Å². The molecule has 3 nitrogen and oxygen atoms in total. The molecule has 0 atom stereocenters. The lowest BCUT2D eigenvalue weighted by Crippen LogP contribution is -2.19. The number of thioether (sulfide) groups is 1. The van der Waals surface area contributed by atoms with E-state index in [1.165, 1.54) is 18.7 Å². The molecule has 0 aromatic rings. The number of aliphatic imine (C=N–C) groups is 1. The molecular weight excluding hydrogens is 148 g/mol. The molecule has 0 saturated heterocycles. The summed E-state index contributed by atoms with van der Waals surface area (Å²) in [6.45, 7) is 1.44. The topological polar surface area (TPSA) is 32.7 Å². The SMILES string of the molecule is CSC(=NC(C)=O)N(C)C. The molecular formula is C6H12N2OS. The molecule has 0 fully saturated rings. The maximum atomic E-state index is 10.5. The maximum Gasteiger partial charge on any atom is 0.244 e. The van der Waals surface area contributed by atoms with Crippen molar-refractivity contribution < 1.29 is 4.79 Å². The van der Waals surface area contributed by atoms with Gasteiger partial charge in [0.05, 0.1) is 0 Å². The van der Waals surface area contributed by atoms with Crippen LogP contribution in [-0.4, -0.2) is 36.3 Å². The van der Waals surface area contributed by atoms with Crippen molar-refractivity contribution in [3.8, 4) is 0 Å². The Labute approximate surface area is 65.5 Å². The van der Waals surface area contributed by atoms with Gasteiger partial charge >= 0.3 is 0 Å². The number of rotatable bonds is 0. The first-order valence-electron chi connectivity index (χ1n) is 2.88. The summed E-state index contributed by atoms with van der Waals surface area (Å²) >= 11 is 1.46. The fraction of sp³-hybridized carbons (Fsp3) is 0.667. The van der Waals surface area contributed by atoms with Crippen molar-refractivity contribution in [2.24, 2.45) is 4.99 Å². The Kier molecular flexibility index (Phi) is 4.11. The highest BCUT2D eigenvalue weighted by Crippen LogP contribution is 2.00. The third-order valence-electron chi connectivity index (χ3n) is 0.818. The lowest BCUT2D eigenvalue weighted by molar-refractivity contribution is -0.115. The second-order valence-corrected chi connectivity index (χ2v) is 2.79. The minimum atomic E-state index is -0.155. The van der Waals surface area contributed by atoms with E-state index in [2.05, 4.69) is 4.99 Å². The lowest BCUT2D eigenvalue weighted by Gasteiger charge is -2.11. The maximum absolute atomic E-state index is 10.5. The molecule has 0 saturated carbocycles. The predicted molar refractivity (Wildman–Crippen MR) is 45.3 cm³/mol. The zero-order valence-electron chi connectivity index (χ0n) is 6.71. The summed E-state index contributed by atoms with van der Waals surface area (Å²) in [6, 6.07) is 0. The molecule has 0 rings (SSSR count). The standard InChI is InChI=1S/C6H12N2OS/c1-5(9)7-6(10-4)8(2)3/h1-4H3. The molecule has 58 valence electrons. The van der Waals surface area contributed by atoms with Gasteiger partial charge in [-0.1, -0.05) is 11.8 Å². The normalized spacial score (nSPS) is 11.4. The van der Waals surface area contributed by atoms with Crippen LogP contribution in [0.2, 0.25) is 0 Å². The molecule has 0 spiro atoms. The summed E-state index contributed by atoms with van der Waals surface area (Å²) in [4.78, 5) is 16.1. The highest BCUT2D eigenvalue weighted by Gasteiger charge is 1.99. The average molecular weight is 160 g/mol. The molecule has 0 heterocycles. The number of carbonyl (C=O) groups is 1. The Morgan fingerprint density at radius 1 is 1.50 bits per heavy atom. The van der Waals surface area contributed by atoms with Crippen LogP contribution in [0.3, 0.4) is 0 Å². The Hall–Kier alpha value is -0.510. The molecule has 0 aromatic carbocycles. The molecule has 0 aliphatic carbocycles. The van der Waals surface area contributed by atoms with Crippen LogP contribution in [0, 0.1) is 0 Å². The van der Waals surface area contributed by atoms with E-state index in [9.17, 15) is 4.79 Å². The average Bonchev–Trinajstić information content (AvgIpc) is 1.81. The van der Waals surface area contributed by atoms with Crippen LogP contribution in [0.15, 0.2) is 4.99 Å². The van der Waals surface area contributed by atoms with Crippen molar-refractivity contribution in [1.29, 1.82) is 0 Å². The van der Waals surface area contributed by atoms with Gasteiger partial charge in [-0.2, -0.15) is 4.99 Å². The fourth-order valence-corrected chi connectivity index (χ4v) is 1.05. The molecule has 0 N–H and O–H groups in total. The van der Waals surface area contributed by atoms with Crippen molar-refractivity contribution in [1.82, 2.24) is 4.90 Å². The zero-order chi connectivity index (χ0) is 8.15. The molecule has 1 amide bonds. The van der Waals surface area contributed by atoms with E-state index in [0.717, 1.165) is 5.17 Å². The summed E-state index contributed by atoms with van der Waals surface area (Å²) in [5, 5.41) is 0.743. The number of amides is 1. The first-order chi connectivity index (χ1) is 4.57.